The maximum absolute atomic E-state index is 13.4. The number of aliphatic hydroxyl groups is 5. The van der Waals surface area contributed by atoms with Crippen LogP contribution in [-0.2, 0) is 23.8 Å². The average molecular weight is 974 g/mol. The fourth-order valence-electron chi connectivity index (χ4n) is 8.54. The predicted molar refractivity (Wildman–Crippen MR) is 283 cm³/mol. The molecule has 1 rings (SSSR count). The van der Waals surface area contributed by atoms with Crippen molar-refractivity contribution in [1.82, 2.24) is 5.32 Å². The first-order chi connectivity index (χ1) is 33.7. The van der Waals surface area contributed by atoms with Crippen molar-refractivity contribution in [2.45, 2.75) is 282 Å². The molecule has 1 amide bonds. The van der Waals surface area contributed by atoms with Gasteiger partial charge >= 0.3 is 5.97 Å². The minimum Gasteiger partial charge on any atom is -0.454 e. The van der Waals surface area contributed by atoms with Gasteiger partial charge in [0.25, 0.3) is 0 Å². The molecule has 8 unspecified atom stereocenters. The molecule has 1 heterocycles. The zero-order chi connectivity index (χ0) is 50.4. The average Bonchev–Trinajstić information content (AvgIpc) is 3.34. The number of hydrogen-bond acceptors (Lipinski definition) is 10. The third-order valence-electron chi connectivity index (χ3n) is 13.0. The van der Waals surface area contributed by atoms with E-state index >= 15 is 0 Å². The van der Waals surface area contributed by atoms with Crippen molar-refractivity contribution < 1.29 is 49.3 Å². The van der Waals surface area contributed by atoms with Gasteiger partial charge in [-0.25, -0.2) is 0 Å². The number of carbonyl (C=O) groups is 2. The first-order valence-electron chi connectivity index (χ1n) is 28.1. The molecular formula is C58H103NO10. The van der Waals surface area contributed by atoms with Crippen LogP contribution in [0.5, 0.6) is 0 Å². The van der Waals surface area contributed by atoms with Gasteiger partial charge in [0.15, 0.2) is 12.4 Å². The highest BCUT2D eigenvalue weighted by Gasteiger charge is 2.47. The van der Waals surface area contributed by atoms with Gasteiger partial charge in [0, 0.05) is 6.42 Å². The maximum atomic E-state index is 13.4. The summed E-state index contributed by atoms with van der Waals surface area (Å²) in [5.74, 6) is -1.22. The summed E-state index contributed by atoms with van der Waals surface area (Å²) in [5, 5.41) is 56.7. The molecule has 0 saturated carbocycles. The van der Waals surface area contributed by atoms with Gasteiger partial charge < -0.3 is 45.1 Å². The van der Waals surface area contributed by atoms with Gasteiger partial charge in [-0.3, -0.25) is 9.59 Å². The molecule has 0 radical (unpaired) electrons. The normalized spacial score (nSPS) is 20.3. The van der Waals surface area contributed by atoms with E-state index in [-0.39, 0.29) is 13.0 Å². The van der Waals surface area contributed by atoms with Gasteiger partial charge in [-0.05, 0) is 44.9 Å². The van der Waals surface area contributed by atoms with E-state index in [2.05, 4.69) is 38.2 Å². The van der Waals surface area contributed by atoms with Gasteiger partial charge in [-0.15, -0.1) is 0 Å². The van der Waals surface area contributed by atoms with Crippen LogP contribution in [0.1, 0.15) is 233 Å². The lowest BCUT2D eigenvalue weighted by molar-refractivity contribution is -0.305. The molecule has 8 atom stereocenters. The van der Waals surface area contributed by atoms with E-state index < -0.39 is 67.4 Å². The number of nitrogens with one attached hydrogen (secondary N) is 1. The van der Waals surface area contributed by atoms with E-state index in [4.69, 9.17) is 14.2 Å². The molecule has 1 aliphatic rings. The zero-order valence-electron chi connectivity index (χ0n) is 43.9. The van der Waals surface area contributed by atoms with E-state index in [1.165, 1.54) is 109 Å². The predicted octanol–water partition coefficient (Wildman–Crippen LogP) is 12.3. The highest BCUT2D eigenvalue weighted by atomic mass is 16.7. The number of esters is 1. The summed E-state index contributed by atoms with van der Waals surface area (Å²) in [6.07, 6.45) is 45.5. The minimum atomic E-state index is -1.62. The van der Waals surface area contributed by atoms with Crippen molar-refractivity contribution in [3.8, 4) is 0 Å². The Labute approximate surface area is 420 Å². The Morgan fingerprint density at radius 3 is 1.57 bits per heavy atom. The van der Waals surface area contributed by atoms with Crippen LogP contribution in [0.4, 0.5) is 0 Å². The monoisotopic (exact) mass is 974 g/mol. The number of ether oxygens (including phenoxy) is 3. The first-order valence-corrected chi connectivity index (χ1v) is 28.1. The van der Waals surface area contributed by atoms with Gasteiger partial charge in [-0.2, -0.15) is 0 Å². The fraction of sp³-hybridized carbons (Fsp3) is 0.793. The van der Waals surface area contributed by atoms with Crippen LogP contribution in [0.3, 0.4) is 0 Å². The van der Waals surface area contributed by atoms with Crippen LogP contribution >= 0.6 is 0 Å². The van der Waals surface area contributed by atoms with Gasteiger partial charge in [-0.1, -0.05) is 242 Å². The van der Waals surface area contributed by atoms with Crippen molar-refractivity contribution in [3.05, 3.63) is 60.8 Å². The van der Waals surface area contributed by atoms with Crippen LogP contribution in [0, 0.1) is 0 Å². The highest BCUT2D eigenvalue weighted by molar-refractivity contribution is 5.80. The van der Waals surface area contributed by atoms with Crippen molar-refractivity contribution in [3.63, 3.8) is 0 Å². The zero-order valence-corrected chi connectivity index (χ0v) is 43.9. The lowest BCUT2D eigenvalue weighted by Gasteiger charge is -2.41. The SMILES string of the molecule is CC/C=C/C=C/C=C/C=C\CCCCCCCC(=O)OC1C(OCC(NC(=O)C(O)CCCCCCCCCCCCCCC)C(O)/C=C/CCCCCCCCCCCC)OC(CO)C(O)C1O. The molecule has 0 aromatic carbocycles. The number of hydrogen-bond donors (Lipinski definition) is 6. The van der Waals surface area contributed by atoms with Gasteiger partial charge in [0.05, 0.1) is 25.4 Å². The van der Waals surface area contributed by atoms with Crippen molar-refractivity contribution in [2.24, 2.45) is 0 Å². The standard InChI is InChI=1S/C58H103NO10/c1-4-7-10-13-16-19-22-25-26-28-31-34-37-40-43-46-53(63)69-56-55(65)54(64)52(47-60)68-58(56)67-48-49(50(61)44-41-38-35-32-29-24-21-18-15-12-9-6-3)59-57(66)51(62)45-42-39-36-33-30-27-23-20-17-14-11-8-5-2/h7,10,13,16,19,22,25-26,41,44,49-52,54-56,58,60-62,64-65H,4-6,8-9,11-12,14-15,17-18,20-21,23-24,27-40,42-43,45-48H2,1-3H3,(H,59,66)/b10-7+,16-13+,22-19+,26-25-,44-41+. The third kappa shape index (κ3) is 35.2. The Kier molecular flexibility index (Phi) is 43.3. The van der Waals surface area contributed by atoms with Crippen LogP contribution in [0.15, 0.2) is 60.8 Å². The Morgan fingerprint density at radius 2 is 1.04 bits per heavy atom. The molecule has 6 N–H and O–H groups in total. The summed E-state index contributed by atoms with van der Waals surface area (Å²) in [7, 11) is 0. The molecule has 1 saturated heterocycles. The number of carbonyl (C=O) groups excluding carboxylic acids is 2. The van der Waals surface area contributed by atoms with Crippen LogP contribution < -0.4 is 5.32 Å². The first kappa shape index (κ1) is 64.4. The largest absolute Gasteiger partial charge is 0.454 e. The molecule has 0 aromatic heterocycles. The molecule has 0 aromatic rings. The maximum Gasteiger partial charge on any atom is 0.306 e. The quantitative estimate of drug-likeness (QED) is 0.0149. The third-order valence-corrected chi connectivity index (χ3v) is 13.0. The number of allylic oxidation sites excluding steroid dienone is 9. The summed E-state index contributed by atoms with van der Waals surface area (Å²) in [4.78, 5) is 26.4. The summed E-state index contributed by atoms with van der Waals surface area (Å²) in [6, 6.07) is -1.03. The molecule has 1 aliphatic heterocycles. The van der Waals surface area contributed by atoms with Crippen molar-refractivity contribution in [2.75, 3.05) is 13.2 Å². The molecule has 1 fully saturated rings. The molecule has 11 nitrogen and oxygen atoms in total. The second-order valence-electron chi connectivity index (χ2n) is 19.4. The Balaban J connectivity index is 2.76. The number of unbranched alkanes of at least 4 members (excludes halogenated alkanes) is 27. The van der Waals surface area contributed by atoms with Crippen molar-refractivity contribution in [1.29, 1.82) is 0 Å². The van der Waals surface area contributed by atoms with Gasteiger partial charge in [0.1, 0.15) is 24.4 Å². The van der Waals surface area contributed by atoms with E-state index in [1.54, 1.807) is 6.08 Å². The fourth-order valence-corrected chi connectivity index (χ4v) is 8.54. The second kappa shape index (κ2) is 46.4. The van der Waals surface area contributed by atoms with Crippen LogP contribution in [0.2, 0.25) is 0 Å². The molecule has 69 heavy (non-hydrogen) atoms. The molecule has 400 valence electrons. The summed E-state index contributed by atoms with van der Waals surface area (Å²) in [6.45, 7) is 5.62. The second-order valence-corrected chi connectivity index (χ2v) is 19.4. The van der Waals surface area contributed by atoms with Crippen LogP contribution in [0.25, 0.3) is 0 Å². The lowest BCUT2D eigenvalue weighted by atomic mass is 9.99. The topological polar surface area (TPSA) is 175 Å². The van der Waals surface area contributed by atoms with E-state index in [1.807, 2.05) is 42.5 Å². The van der Waals surface area contributed by atoms with Crippen molar-refractivity contribution >= 4 is 11.9 Å². The molecule has 0 bridgehead atoms. The molecule has 11 heteroatoms. The van der Waals surface area contributed by atoms with E-state index in [0.717, 1.165) is 77.0 Å². The Hall–Kier alpha value is -2.64. The van der Waals surface area contributed by atoms with E-state index in [0.29, 0.717) is 19.3 Å². The lowest BCUT2D eigenvalue weighted by Crippen LogP contribution is -2.61. The Bertz CT molecular complexity index is 1350. The molecular weight excluding hydrogens is 871 g/mol. The smallest absolute Gasteiger partial charge is 0.306 e. The molecule has 0 aliphatic carbocycles. The minimum absolute atomic E-state index is 0.0967. The Morgan fingerprint density at radius 1 is 0.580 bits per heavy atom. The number of amides is 1. The van der Waals surface area contributed by atoms with Gasteiger partial charge in [0.2, 0.25) is 5.91 Å². The molecule has 0 spiro atoms. The summed E-state index contributed by atoms with van der Waals surface area (Å²) in [5.41, 5.74) is 0. The van der Waals surface area contributed by atoms with Crippen LogP contribution in [-0.4, -0.2) is 99.6 Å². The highest BCUT2D eigenvalue weighted by Crippen LogP contribution is 2.26. The number of rotatable bonds is 46. The summed E-state index contributed by atoms with van der Waals surface area (Å²) < 4.78 is 17.5. The van der Waals surface area contributed by atoms with E-state index in [9.17, 15) is 35.1 Å². The number of aliphatic hydroxyl groups excluding tert-OH is 5. The summed E-state index contributed by atoms with van der Waals surface area (Å²) >= 11 is 0.